The molecule has 8 heteroatoms. The number of benzene rings is 1. The summed E-state index contributed by atoms with van der Waals surface area (Å²) in [6, 6.07) is 11.6. The largest absolute Gasteiger partial charge is 0.277 e. The average Bonchev–Trinajstić information content (AvgIpc) is 3.22. The first-order chi connectivity index (χ1) is 13.0. The van der Waals surface area contributed by atoms with Crippen LogP contribution in [0.5, 0.6) is 0 Å². The van der Waals surface area contributed by atoms with Gasteiger partial charge in [-0.1, -0.05) is 33.3 Å². The molecule has 0 bridgehead atoms. The molecule has 3 aromatic heterocycles. The number of carbonyl (C=O) groups excluding carboxylic acids is 1. The Hall–Kier alpha value is -2.16. The molecule has 0 unspecified atom stereocenters. The Labute approximate surface area is 172 Å². The maximum Gasteiger partial charge on any atom is 0.272 e. The summed E-state index contributed by atoms with van der Waals surface area (Å²) in [6.07, 6.45) is 1.73. The van der Waals surface area contributed by atoms with Crippen molar-refractivity contribution in [3.63, 3.8) is 0 Å². The van der Waals surface area contributed by atoms with Gasteiger partial charge in [0.15, 0.2) is 5.13 Å². The Morgan fingerprint density at radius 2 is 2.00 bits per heavy atom. The number of fused-ring (bicyclic) bond motifs is 1. The molecule has 0 aliphatic rings. The van der Waals surface area contributed by atoms with Crippen molar-refractivity contribution in [1.82, 2.24) is 15.0 Å². The van der Waals surface area contributed by atoms with E-state index in [1.165, 1.54) is 22.7 Å². The van der Waals surface area contributed by atoms with Gasteiger partial charge in [-0.25, -0.2) is 9.97 Å². The van der Waals surface area contributed by atoms with Crippen LogP contribution >= 0.6 is 38.6 Å². The number of amides is 1. The van der Waals surface area contributed by atoms with E-state index in [-0.39, 0.29) is 5.91 Å². The lowest BCUT2D eigenvalue weighted by atomic mass is 10.3. The molecule has 0 radical (unpaired) electrons. The van der Waals surface area contributed by atoms with Gasteiger partial charge in [0.1, 0.15) is 4.88 Å². The number of aryl methyl sites for hydroxylation is 2. The molecule has 5 nitrogen and oxygen atoms in total. The number of carbonyl (C=O) groups is 1. The number of anilines is 1. The summed E-state index contributed by atoms with van der Waals surface area (Å²) < 4.78 is 2.01. The number of hydrogen-bond acceptors (Lipinski definition) is 6. The number of thiazole rings is 2. The van der Waals surface area contributed by atoms with Gasteiger partial charge in [0.2, 0.25) is 0 Å². The van der Waals surface area contributed by atoms with E-state index in [9.17, 15) is 4.79 Å². The minimum Gasteiger partial charge on any atom is -0.277 e. The predicted octanol–water partition coefficient (Wildman–Crippen LogP) is 5.37. The number of nitrogens with zero attached hydrogens (tertiary/aromatic N) is 4. The molecule has 4 aromatic rings. The van der Waals surface area contributed by atoms with Crippen molar-refractivity contribution in [2.75, 3.05) is 4.90 Å². The lowest BCUT2D eigenvalue weighted by Gasteiger charge is -2.19. The van der Waals surface area contributed by atoms with Crippen LogP contribution in [0.3, 0.4) is 0 Å². The third-order valence-electron chi connectivity index (χ3n) is 3.96. The zero-order chi connectivity index (χ0) is 19.0. The highest BCUT2D eigenvalue weighted by Gasteiger charge is 2.25. The molecule has 0 spiro atoms. The van der Waals surface area contributed by atoms with Gasteiger partial charge in [-0.05, 0) is 44.2 Å². The van der Waals surface area contributed by atoms with Gasteiger partial charge in [-0.3, -0.25) is 14.7 Å². The zero-order valence-corrected chi connectivity index (χ0v) is 17.9. The smallest absolute Gasteiger partial charge is 0.272 e. The van der Waals surface area contributed by atoms with Crippen LogP contribution in [-0.4, -0.2) is 20.9 Å². The van der Waals surface area contributed by atoms with E-state index in [1.54, 1.807) is 11.1 Å². The summed E-state index contributed by atoms with van der Waals surface area (Å²) in [4.78, 5) is 29.2. The fraction of sp³-hybridized carbons (Fsp3) is 0.158. The summed E-state index contributed by atoms with van der Waals surface area (Å²) in [6.45, 7) is 4.13. The van der Waals surface area contributed by atoms with Crippen LogP contribution in [0.1, 0.15) is 26.1 Å². The molecule has 0 saturated heterocycles. The van der Waals surface area contributed by atoms with E-state index in [1.807, 2.05) is 50.2 Å². The molecule has 0 aliphatic heterocycles. The quantitative estimate of drug-likeness (QED) is 0.412. The molecule has 27 heavy (non-hydrogen) atoms. The Morgan fingerprint density at radius 1 is 1.15 bits per heavy atom. The standard InChI is InChI=1S/C19H15BrN4OS2/c1-11-17(26-12(2)22-11)18(25)24(10-14-5-3-4-8-21-14)19-23-15-7-6-13(20)9-16(15)27-19/h3-9H,10H2,1-2H3. The van der Waals surface area contributed by atoms with Gasteiger partial charge >= 0.3 is 0 Å². The molecular formula is C19H15BrN4OS2. The second-order valence-corrected chi connectivity index (χ2v) is 9.10. The van der Waals surface area contributed by atoms with Crippen LogP contribution in [0.15, 0.2) is 47.1 Å². The van der Waals surface area contributed by atoms with Gasteiger partial charge in [-0.2, -0.15) is 0 Å². The number of pyridine rings is 1. The number of hydrogen-bond donors (Lipinski definition) is 0. The lowest BCUT2D eigenvalue weighted by Crippen LogP contribution is -2.30. The van der Waals surface area contributed by atoms with E-state index in [0.717, 1.165) is 31.1 Å². The van der Waals surface area contributed by atoms with E-state index in [4.69, 9.17) is 4.98 Å². The number of rotatable bonds is 4. The van der Waals surface area contributed by atoms with Gasteiger partial charge in [0.25, 0.3) is 5.91 Å². The Kier molecular flexibility index (Phi) is 5.03. The topological polar surface area (TPSA) is 59.0 Å². The third-order valence-corrected chi connectivity index (χ3v) is 6.55. The summed E-state index contributed by atoms with van der Waals surface area (Å²) in [5.74, 6) is -0.0955. The third kappa shape index (κ3) is 3.78. The van der Waals surface area contributed by atoms with Gasteiger partial charge in [0.05, 0.1) is 33.2 Å². The maximum absolute atomic E-state index is 13.4. The number of halogens is 1. The van der Waals surface area contributed by atoms with Crippen molar-refractivity contribution in [1.29, 1.82) is 0 Å². The Bertz CT molecular complexity index is 1120. The molecule has 1 amide bonds. The second kappa shape index (κ2) is 7.46. The molecule has 0 saturated carbocycles. The molecule has 0 aliphatic carbocycles. The van der Waals surface area contributed by atoms with Crippen molar-refractivity contribution in [2.45, 2.75) is 20.4 Å². The molecule has 0 N–H and O–H groups in total. The molecule has 0 atom stereocenters. The molecule has 3 heterocycles. The average molecular weight is 459 g/mol. The van der Waals surface area contributed by atoms with Gasteiger partial charge in [-0.15, -0.1) is 11.3 Å². The summed E-state index contributed by atoms with van der Waals surface area (Å²) in [5.41, 5.74) is 2.43. The normalized spacial score (nSPS) is 11.1. The second-order valence-electron chi connectivity index (χ2n) is 5.97. The van der Waals surface area contributed by atoms with Crippen molar-refractivity contribution < 1.29 is 4.79 Å². The van der Waals surface area contributed by atoms with Gasteiger partial charge in [0, 0.05) is 10.7 Å². The highest BCUT2D eigenvalue weighted by molar-refractivity contribution is 9.10. The van der Waals surface area contributed by atoms with E-state index < -0.39 is 0 Å². The first-order valence-electron chi connectivity index (χ1n) is 8.23. The molecule has 4 rings (SSSR count). The fourth-order valence-corrected chi connectivity index (χ4v) is 5.12. The molecule has 136 valence electrons. The summed E-state index contributed by atoms with van der Waals surface area (Å²) in [5, 5.41) is 1.53. The zero-order valence-electron chi connectivity index (χ0n) is 14.6. The van der Waals surface area contributed by atoms with Crippen LogP contribution in [0.25, 0.3) is 10.2 Å². The molecular weight excluding hydrogens is 444 g/mol. The van der Waals surface area contributed by atoms with Crippen molar-refractivity contribution >= 4 is 59.9 Å². The summed E-state index contributed by atoms with van der Waals surface area (Å²) >= 11 is 6.40. The van der Waals surface area contributed by atoms with E-state index in [0.29, 0.717) is 16.6 Å². The maximum atomic E-state index is 13.4. The molecule has 1 aromatic carbocycles. The highest BCUT2D eigenvalue weighted by atomic mass is 79.9. The molecule has 0 fully saturated rings. The minimum absolute atomic E-state index is 0.0955. The van der Waals surface area contributed by atoms with E-state index >= 15 is 0 Å². The van der Waals surface area contributed by atoms with Crippen LogP contribution in [-0.2, 0) is 6.54 Å². The van der Waals surface area contributed by atoms with Gasteiger partial charge < -0.3 is 0 Å². The van der Waals surface area contributed by atoms with E-state index in [2.05, 4.69) is 25.9 Å². The Balaban J connectivity index is 1.79. The SMILES string of the molecule is Cc1nc(C)c(C(=O)N(Cc2ccccn2)c2nc3ccc(Br)cc3s2)s1. The summed E-state index contributed by atoms with van der Waals surface area (Å²) in [7, 11) is 0. The fourth-order valence-electron chi connectivity index (χ4n) is 2.73. The highest BCUT2D eigenvalue weighted by Crippen LogP contribution is 2.33. The number of aromatic nitrogens is 3. The van der Waals surface area contributed by atoms with Crippen LogP contribution in [0.2, 0.25) is 0 Å². The predicted molar refractivity (Wildman–Crippen MR) is 114 cm³/mol. The Morgan fingerprint density at radius 3 is 2.70 bits per heavy atom. The first-order valence-corrected chi connectivity index (χ1v) is 10.7. The van der Waals surface area contributed by atoms with Crippen molar-refractivity contribution in [3.8, 4) is 0 Å². The monoisotopic (exact) mass is 458 g/mol. The first kappa shape index (κ1) is 18.2. The minimum atomic E-state index is -0.0955. The van der Waals surface area contributed by atoms with Crippen molar-refractivity contribution in [2.24, 2.45) is 0 Å². The van der Waals surface area contributed by atoms with Crippen LogP contribution < -0.4 is 4.90 Å². The van der Waals surface area contributed by atoms with Crippen molar-refractivity contribution in [3.05, 3.63) is 68.3 Å². The van der Waals surface area contributed by atoms with Crippen LogP contribution in [0.4, 0.5) is 5.13 Å². The lowest BCUT2D eigenvalue weighted by molar-refractivity contribution is 0.0988. The van der Waals surface area contributed by atoms with Crippen LogP contribution in [0, 0.1) is 13.8 Å².